The van der Waals surface area contributed by atoms with Gasteiger partial charge in [0.2, 0.25) is 11.8 Å². The highest BCUT2D eigenvalue weighted by molar-refractivity contribution is 5.77. The maximum atomic E-state index is 13.0. The highest BCUT2D eigenvalue weighted by Gasteiger charge is 2.59. The fourth-order valence-corrected chi connectivity index (χ4v) is 9.87. The summed E-state index contributed by atoms with van der Waals surface area (Å²) < 4.78 is 0. The fraction of sp³-hybridized carbons (Fsp3) is 0.871. The maximum Gasteiger partial charge on any atom is 0.222 e. The van der Waals surface area contributed by atoms with Crippen molar-refractivity contribution in [2.75, 3.05) is 20.1 Å². The van der Waals surface area contributed by atoms with Crippen LogP contribution in [0.5, 0.6) is 0 Å². The van der Waals surface area contributed by atoms with E-state index >= 15 is 0 Å². The van der Waals surface area contributed by atoms with Gasteiger partial charge < -0.3 is 14.9 Å². The lowest BCUT2D eigenvalue weighted by molar-refractivity contribution is -0.133. The first-order valence-corrected chi connectivity index (χ1v) is 14.9. The minimum absolute atomic E-state index is 0.0847. The Hall–Kier alpha value is -1.36. The molecule has 1 heterocycles. The number of fused-ring (bicyclic) bond motifs is 5. The van der Waals surface area contributed by atoms with Crippen LogP contribution in [0, 0.1) is 40.4 Å². The molecule has 9 atom stereocenters. The number of carbonyl (C=O) groups is 2. The second kappa shape index (κ2) is 9.75. The van der Waals surface area contributed by atoms with Gasteiger partial charge in [0.25, 0.3) is 0 Å². The number of hydrogen-bond donors (Lipinski definition) is 1. The van der Waals surface area contributed by atoms with Crippen LogP contribution in [0.15, 0.2) is 11.6 Å². The molecule has 0 bridgehead atoms. The molecule has 0 aromatic rings. The zero-order chi connectivity index (χ0) is 25.8. The summed E-state index contributed by atoms with van der Waals surface area (Å²) in [5.74, 6) is 4.05. The predicted octanol–water partition coefficient (Wildman–Crippen LogP) is 5.42. The van der Waals surface area contributed by atoms with Gasteiger partial charge in [-0.2, -0.15) is 0 Å². The monoisotopic (exact) mass is 498 g/mol. The standard InChI is InChI=1S/C31H50N2O3/c1-20(6-11-29(36)33-17-14-23(19-33)32(5)21(2)34)26-9-10-27-25-8-7-22-18-24(35)12-15-30(22,3)28(25)13-16-31(26,27)4/h7,20,23-28,35H,6,8-19H2,1-5H3/t20?,23-,24+,25+,26-,27+,28+,30+,31-/m1/s1. The highest BCUT2D eigenvalue weighted by atomic mass is 16.3. The molecule has 4 fully saturated rings. The van der Waals surface area contributed by atoms with E-state index in [2.05, 4.69) is 26.8 Å². The van der Waals surface area contributed by atoms with Crippen molar-refractivity contribution in [1.82, 2.24) is 9.80 Å². The van der Waals surface area contributed by atoms with Crippen molar-refractivity contribution in [3.63, 3.8) is 0 Å². The first-order valence-electron chi connectivity index (χ1n) is 14.9. The number of rotatable bonds is 5. The molecule has 0 aromatic carbocycles. The summed E-state index contributed by atoms with van der Waals surface area (Å²) in [5, 5.41) is 10.3. The third-order valence-corrected chi connectivity index (χ3v) is 12.2. The molecule has 5 aliphatic rings. The van der Waals surface area contributed by atoms with E-state index in [0.717, 1.165) is 62.3 Å². The van der Waals surface area contributed by atoms with E-state index in [1.165, 1.54) is 32.1 Å². The molecule has 202 valence electrons. The highest BCUT2D eigenvalue weighted by Crippen LogP contribution is 2.67. The van der Waals surface area contributed by atoms with Crippen LogP contribution in [0.4, 0.5) is 0 Å². The van der Waals surface area contributed by atoms with Crippen LogP contribution in [0.3, 0.4) is 0 Å². The van der Waals surface area contributed by atoms with E-state index in [9.17, 15) is 14.7 Å². The molecular formula is C31H50N2O3. The summed E-state index contributed by atoms with van der Waals surface area (Å²) in [4.78, 5) is 28.5. The number of allylic oxidation sites excluding steroid dienone is 1. The molecular weight excluding hydrogens is 448 g/mol. The molecule has 0 spiro atoms. The van der Waals surface area contributed by atoms with E-state index in [0.29, 0.717) is 29.7 Å². The average Bonchev–Trinajstić information content (AvgIpc) is 3.47. The van der Waals surface area contributed by atoms with E-state index in [4.69, 9.17) is 0 Å². The number of likely N-dealkylation sites (N-methyl/N-ethyl adjacent to an activating group) is 1. The average molecular weight is 499 g/mol. The van der Waals surface area contributed by atoms with Crippen molar-refractivity contribution >= 4 is 11.8 Å². The molecule has 3 saturated carbocycles. The van der Waals surface area contributed by atoms with Crippen molar-refractivity contribution in [1.29, 1.82) is 0 Å². The van der Waals surface area contributed by atoms with Crippen molar-refractivity contribution in [3.05, 3.63) is 11.6 Å². The van der Waals surface area contributed by atoms with Crippen LogP contribution < -0.4 is 0 Å². The Kier molecular flexibility index (Phi) is 7.11. The number of likely N-dealkylation sites (tertiary alicyclic amines) is 1. The van der Waals surface area contributed by atoms with E-state index in [1.54, 1.807) is 17.4 Å². The smallest absolute Gasteiger partial charge is 0.222 e. The Morgan fingerprint density at radius 3 is 2.67 bits per heavy atom. The van der Waals surface area contributed by atoms with Crippen molar-refractivity contribution < 1.29 is 14.7 Å². The Bertz CT molecular complexity index is 900. The van der Waals surface area contributed by atoms with E-state index in [1.807, 2.05) is 11.9 Å². The zero-order valence-corrected chi connectivity index (χ0v) is 23.5. The summed E-state index contributed by atoms with van der Waals surface area (Å²) >= 11 is 0. The van der Waals surface area contributed by atoms with Gasteiger partial charge in [0.05, 0.1) is 12.1 Å². The Morgan fingerprint density at radius 2 is 1.92 bits per heavy atom. The second-order valence-electron chi connectivity index (χ2n) is 13.8. The molecule has 1 aliphatic heterocycles. The van der Waals surface area contributed by atoms with Gasteiger partial charge in [-0.15, -0.1) is 0 Å². The van der Waals surface area contributed by atoms with Crippen LogP contribution in [-0.4, -0.2) is 59.0 Å². The van der Waals surface area contributed by atoms with Gasteiger partial charge in [0.15, 0.2) is 0 Å². The minimum Gasteiger partial charge on any atom is -0.393 e. The fourth-order valence-electron chi connectivity index (χ4n) is 9.87. The summed E-state index contributed by atoms with van der Waals surface area (Å²) in [7, 11) is 1.86. The Morgan fingerprint density at radius 1 is 1.14 bits per heavy atom. The first kappa shape index (κ1) is 26.3. The van der Waals surface area contributed by atoms with Gasteiger partial charge in [0.1, 0.15) is 0 Å². The quantitative estimate of drug-likeness (QED) is 0.515. The van der Waals surface area contributed by atoms with Gasteiger partial charge in [0, 0.05) is 33.5 Å². The van der Waals surface area contributed by atoms with Crippen molar-refractivity contribution in [2.24, 2.45) is 40.4 Å². The Balaban J connectivity index is 1.19. The predicted molar refractivity (Wildman–Crippen MR) is 143 cm³/mol. The van der Waals surface area contributed by atoms with Gasteiger partial charge in [-0.05, 0) is 105 Å². The number of nitrogens with zero attached hydrogens (tertiary/aromatic N) is 2. The topological polar surface area (TPSA) is 60.9 Å². The summed E-state index contributed by atoms with van der Waals surface area (Å²) in [6.45, 7) is 10.6. The summed E-state index contributed by atoms with van der Waals surface area (Å²) in [6.07, 6.45) is 14.5. The van der Waals surface area contributed by atoms with Crippen molar-refractivity contribution in [3.8, 4) is 0 Å². The largest absolute Gasteiger partial charge is 0.393 e. The molecule has 5 heteroatoms. The molecule has 0 aromatic heterocycles. The number of amides is 2. The minimum atomic E-state index is -0.129. The van der Waals surface area contributed by atoms with Crippen LogP contribution >= 0.6 is 0 Å². The van der Waals surface area contributed by atoms with Crippen molar-refractivity contribution in [2.45, 2.75) is 110 Å². The van der Waals surface area contributed by atoms with Crippen LogP contribution in [0.1, 0.15) is 98.3 Å². The Labute approximate surface area is 219 Å². The number of hydrogen-bond acceptors (Lipinski definition) is 3. The number of aliphatic hydroxyl groups excluding tert-OH is 1. The van der Waals surface area contributed by atoms with Crippen LogP contribution in [0.25, 0.3) is 0 Å². The lowest BCUT2D eigenvalue weighted by atomic mass is 9.47. The van der Waals surface area contributed by atoms with Crippen LogP contribution in [0.2, 0.25) is 0 Å². The first-order chi connectivity index (χ1) is 17.0. The maximum absolute atomic E-state index is 13.0. The third kappa shape index (κ3) is 4.35. The lowest BCUT2D eigenvalue weighted by Crippen LogP contribution is -2.50. The molecule has 36 heavy (non-hydrogen) atoms. The van der Waals surface area contributed by atoms with E-state index in [-0.39, 0.29) is 24.0 Å². The molecule has 2 amide bonds. The SMILES string of the molecule is CC(=O)N(C)[C@@H]1CCN(C(=O)CCC(C)[C@H]2CC[C@H]3[C@@H]4CC=C5C[C@@H](O)CC[C@]5(C)[C@H]4CC[C@]23C)C1. The van der Waals surface area contributed by atoms with Crippen LogP contribution in [-0.2, 0) is 9.59 Å². The lowest BCUT2D eigenvalue weighted by Gasteiger charge is -2.58. The van der Waals surface area contributed by atoms with Gasteiger partial charge in [-0.25, -0.2) is 0 Å². The molecule has 1 saturated heterocycles. The third-order valence-electron chi connectivity index (χ3n) is 12.2. The summed E-state index contributed by atoms with van der Waals surface area (Å²) in [6, 6.07) is 0.174. The molecule has 0 radical (unpaired) electrons. The molecule has 5 nitrogen and oxygen atoms in total. The normalized spacial score (nSPS) is 42.7. The number of aliphatic hydroxyl groups is 1. The van der Waals surface area contributed by atoms with Gasteiger partial charge in [-0.1, -0.05) is 32.4 Å². The summed E-state index contributed by atoms with van der Waals surface area (Å²) in [5.41, 5.74) is 2.28. The van der Waals surface area contributed by atoms with E-state index < -0.39 is 0 Å². The number of carbonyl (C=O) groups excluding carboxylic acids is 2. The molecule has 1 N–H and O–H groups in total. The molecule has 4 aliphatic carbocycles. The van der Waals surface area contributed by atoms with Gasteiger partial charge in [-0.3, -0.25) is 9.59 Å². The second-order valence-corrected chi connectivity index (χ2v) is 13.8. The van der Waals surface area contributed by atoms with Gasteiger partial charge >= 0.3 is 0 Å². The zero-order valence-electron chi connectivity index (χ0n) is 23.5. The molecule has 1 unspecified atom stereocenters. The molecule has 5 rings (SSSR count).